The molecule has 1 fully saturated rings. The van der Waals surface area contributed by atoms with Gasteiger partial charge in [0.1, 0.15) is 10.7 Å². The number of furan rings is 1. The minimum Gasteiger partial charge on any atom is -0.395 e. The summed E-state index contributed by atoms with van der Waals surface area (Å²) in [6.45, 7) is 3.34. The predicted octanol–water partition coefficient (Wildman–Crippen LogP) is 3.55. The average molecular weight is 482 g/mol. The van der Waals surface area contributed by atoms with E-state index in [1.807, 2.05) is 11.8 Å². The Morgan fingerprint density at radius 1 is 1.27 bits per heavy atom. The summed E-state index contributed by atoms with van der Waals surface area (Å²) in [6.07, 6.45) is 1.30. The van der Waals surface area contributed by atoms with Gasteiger partial charge in [-0.05, 0) is 44.0 Å². The molecule has 0 saturated carbocycles. The summed E-state index contributed by atoms with van der Waals surface area (Å²) in [5.41, 5.74) is 0.577. The van der Waals surface area contributed by atoms with Gasteiger partial charge in [0, 0.05) is 31.2 Å². The van der Waals surface area contributed by atoms with Crippen LogP contribution in [0.3, 0.4) is 0 Å². The minimum absolute atomic E-state index is 0. The number of anilines is 2. The number of hydrogen-bond donors (Lipinski definition) is 1. The maximum Gasteiger partial charge on any atom is 0.437 e. The fourth-order valence-electron chi connectivity index (χ4n) is 3.64. The van der Waals surface area contributed by atoms with Crippen molar-refractivity contribution in [3.8, 4) is 0 Å². The van der Waals surface area contributed by atoms with E-state index in [2.05, 4.69) is 10.4 Å². The molecule has 1 saturated heterocycles. The highest BCUT2D eigenvalue weighted by Crippen LogP contribution is 2.31. The molecule has 1 aliphatic heterocycles. The summed E-state index contributed by atoms with van der Waals surface area (Å²) >= 11 is 0. The number of aromatic nitrogens is 2. The highest BCUT2D eigenvalue weighted by Gasteiger charge is 2.27. The van der Waals surface area contributed by atoms with Crippen LogP contribution in [-0.2, 0) is 6.54 Å². The highest BCUT2D eigenvalue weighted by atomic mass is 35.5. The summed E-state index contributed by atoms with van der Waals surface area (Å²) in [5.74, 6) is -2.12. The van der Waals surface area contributed by atoms with Gasteiger partial charge < -0.3 is 19.1 Å². The van der Waals surface area contributed by atoms with Crippen molar-refractivity contribution in [2.24, 2.45) is 0 Å². The van der Waals surface area contributed by atoms with E-state index in [0.717, 1.165) is 6.07 Å². The molecule has 4 rings (SSSR count). The van der Waals surface area contributed by atoms with E-state index in [0.29, 0.717) is 44.1 Å². The zero-order valence-corrected chi connectivity index (χ0v) is 18.3. The van der Waals surface area contributed by atoms with Crippen molar-refractivity contribution in [1.29, 1.82) is 0 Å². The molecule has 11 nitrogen and oxygen atoms in total. The minimum atomic E-state index is -0.752. The third-order valence-corrected chi connectivity index (χ3v) is 5.31. The second kappa shape index (κ2) is 9.86. The van der Waals surface area contributed by atoms with Gasteiger partial charge in [0.15, 0.2) is 5.76 Å². The van der Waals surface area contributed by atoms with Crippen molar-refractivity contribution in [2.45, 2.75) is 32.2 Å². The van der Waals surface area contributed by atoms with Crippen LogP contribution in [0.25, 0.3) is 0 Å². The molecule has 0 aliphatic carbocycles. The van der Waals surface area contributed by atoms with Crippen LogP contribution in [0.1, 0.15) is 42.1 Å². The second-order valence-corrected chi connectivity index (χ2v) is 7.30. The molecule has 13 heteroatoms. The molecular formula is C20H21ClFN5O6. The maximum absolute atomic E-state index is 14.7. The lowest BCUT2D eigenvalue weighted by Crippen LogP contribution is -2.33. The van der Waals surface area contributed by atoms with Crippen LogP contribution in [0.2, 0.25) is 0 Å². The van der Waals surface area contributed by atoms with Gasteiger partial charge in [-0.25, -0.2) is 9.18 Å². The molecule has 1 amide bonds. The average Bonchev–Trinajstić information content (AvgIpc) is 3.41. The van der Waals surface area contributed by atoms with E-state index >= 15 is 0 Å². The SMILES string of the molecule is CCn1nc(C2CCN(c3ccc(NC(=O)c4ccc([N+](=O)[O-])o4)cc3F)CC2)oc1=O.Cl. The molecule has 2 aromatic heterocycles. The Morgan fingerprint density at radius 2 is 2.00 bits per heavy atom. The molecular weight excluding hydrogens is 461 g/mol. The molecule has 1 aromatic carbocycles. The largest absolute Gasteiger partial charge is 0.437 e. The molecule has 0 atom stereocenters. The van der Waals surface area contributed by atoms with Crippen molar-refractivity contribution >= 4 is 35.6 Å². The third kappa shape index (κ3) is 5.06. The number of carbonyl (C=O) groups is 1. The van der Waals surface area contributed by atoms with E-state index in [1.54, 1.807) is 12.1 Å². The van der Waals surface area contributed by atoms with Gasteiger partial charge in [-0.2, -0.15) is 4.68 Å². The number of nitrogens with zero attached hydrogens (tertiary/aromatic N) is 4. The first-order chi connectivity index (χ1) is 15.4. The van der Waals surface area contributed by atoms with Gasteiger partial charge in [0.05, 0.1) is 11.8 Å². The zero-order chi connectivity index (χ0) is 22.8. The molecule has 1 N–H and O–H groups in total. The molecule has 3 heterocycles. The van der Waals surface area contributed by atoms with Gasteiger partial charge in [0.25, 0.3) is 5.91 Å². The van der Waals surface area contributed by atoms with Gasteiger partial charge in [-0.1, -0.05) is 0 Å². The van der Waals surface area contributed by atoms with Crippen LogP contribution >= 0.6 is 12.4 Å². The summed E-state index contributed by atoms with van der Waals surface area (Å²) in [4.78, 5) is 35.6. The monoisotopic (exact) mass is 481 g/mol. The molecule has 1 aliphatic rings. The smallest absolute Gasteiger partial charge is 0.395 e. The fourth-order valence-corrected chi connectivity index (χ4v) is 3.64. The Balaban J connectivity index is 0.00000306. The molecule has 0 radical (unpaired) electrons. The van der Waals surface area contributed by atoms with Gasteiger partial charge in [0.2, 0.25) is 5.89 Å². The van der Waals surface area contributed by atoms with Crippen molar-refractivity contribution in [2.75, 3.05) is 23.3 Å². The van der Waals surface area contributed by atoms with E-state index < -0.39 is 28.3 Å². The normalized spacial score (nSPS) is 14.1. The van der Waals surface area contributed by atoms with Crippen molar-refractivity contribution in [3.05, 3.63) is 68.5 Å². The fraction of sp³-hybridized carbons (Fsp3) is 0.350. The number of amides is 1. The number of nitrogens with one attached hydrogen (secondary N) is 1. The van der Waals surface area contributed by atoms with Crippen LogP contribution in [0.15, 0.2) is 44.0 Å². The first-order valence-electron chi connectivity index (χ1n) is 10.0. The number of hydrogen-bond acceptors (Lipinski definition) is 8. The Hall–Kier alpha value is -3.67. The van der Waals surface area contributed by atoms with Gasteiger partial charge in [-0.15, -0.1) is 17.5 Å². The number of piperidine rings is 1. The number of carbonyl (C=O) groups excluding carboxylic acids is 1. The predicted molar refractivity (Wildman–Crippen MR) is 118 cm³/mol. The molecule has 33 heavy (non-hydrogen) atoms. The first-order valence-corrected chi connectivity index (χ1v) is 10.0. The summed E-state index contributed by atoms with van der Waals surface area (Å²) in [5, 5.41) is 17.3. The second-order valence-electron chi connectivity index (χ2n) is 7.30. The zero-order valence-electron chi connectivity index (χ0n) is 17.5. The van der Waals surface area contributed by atoms with Crippen LogP contribution in [0.4, 0.5) is 21.6 Å². The Bertz CT molecular complexity index is 1210. The molecule has 0 spiro atoms. The standard InChI is InChI=1S/C20H20FN5O6.ClH/c1-2-25-20(28)32-19(23-25)12-7-9-24(10-8-12)15-4-3-13(11-14(15)21)22-18(27)16-5-6-17(31-16)26(29)30;/h3-6,11-12H,2,7-10H2,1H3,(H,22,27);1H. The lowest BCUT2D eigenvalue weighted by atomic mass is 9.96. The van der Waals surface area contributed by atoms with Crippen LogP contribution < -0.4 is 16.0 Å². The number of halogens is 2. The van der Waals surface area contributed by atoms with E-state index in [-0.39, 0.29) is 29.8 Å². The van der Waals surface area contributed by atoms with E-state index in [9.17, 15) is 24.1 Å². The molecule has 176 valence electrons. The lowest BCUT2D eigenvalue weighted by Gasteiger charge is -2.32. The lowest BCUT2D eigenvalue weighted by molar-refractivity contribution is -0.402. The number of nitro groups is 1. The van der Waals surface area contributed by atoms with E-state index in [4.69, 9.17) is 8.83 Å². The Labute approximate surface area is 192 Å². The Kier molecular flexibility index (Phi) is 7.16. The summed E-state index contributed by atoms with van der Waals surface area (Å²) < 4.78 is 26.1. The quantitative estimate of drug-likeness (QED) is 0.417. The number of rotatable bonds is 6. The molecule has 3 aromatic rings. The number of benzene rings is 1. The molecule has 0 unspecified atom stereocenters. The van der Waals surface area contributed by atoms with Crippen molar-refractivity contribution in [3.63, 3.8) is 0 Å². The van der Waals surface area contributed by atoms with Gasteiger partial charge in [-0.3, -0.25) is 14.9 Å². The highest BCUT2D eigenvalue weighted by molar-refractivity contribution is 6.02. The first kappa shape index (κ1) is 24.0. The van der Waals surface area contributed by atoms with Crippen molar-refractivity contribution in [1.82, 2.24) is 9.78 Å². The third-order valence-electron chi connectivity index (χ3n) is 5.31. The Morgan fingerprint density at radius 3 is 2.58 bits per heavy atom. The topological polar surface area (TPSA) is 137 Å². The summed E-state index contributed by atoms with van der Waals surface area (Å²) in [6, 6.07) is 6.52. The summed E-state index contributed by atoms with van der Waals surface area (Å²) in [7, 11) is 0. The van der Waals surface area contributed by atoms with Crippen LogP contribution in [0, 0.1) is 15.9 Å². The van der Waals surface area contributed by atoms with E-state index in [1.165, 1.54) is 16.8 Å². The van der Waals surface area contributed by atoms with Crippen LogP contribution in [0.5, 0.6) is 0 Å². The van der Waals surface area contributed by atoms with Crippen molar-refractivity contribution < 1.29 is 22.9 Å². The maximum atomic E-state index is 14.7. The number of aryl methyl sites for hydroxylation is 1. The van der Waals surface area contributed by atoms with Gasteiger partial charge >= 0.3 is 11.6 Å². The molecule has 0 bridgehead atoms. The van der Waals surface area contributed by atoms with Crippen LogP contribution in [-0.4, -0.2) is 33.7 Å².